The summed E-state index contributed by atoms with van der Waals surface area (Å²) in [5, 5.41) is 13.7. The molecule has 0 radical (unpaired) electrons. The van der Waals surface area contributed by atoms with E-state index in [9.17, 15) is 5.11 Å². The molecule has 1 aliphatic carbocycles. The molecule has 3 rings (SSSR count). The lowest BCUT2D eigenvalue weighted by Gasteiger charge is -2.19. The zero-order chi connectivity index (χ0) is 12.5. The molecular weight excluding hydrogens is 244 g/mol. The van der Waals surface area contributed by atoms with Crippen LogP contribution >= 0.6 is 11.3 Å². The minimum absolute atomic E-state index is 0.299. The summed E-state index contributed by atoms with van der Waals surface area (Å²) in [6, 6.07) is 7.73. The summed E-state index contributed by atoms with van der Waals surface area (Å²) < 4.78 is 0. The topological polar surface area (TPSA) is 45.2 Å². The molecule has 4 heteroatoms. The van der Waals surface area contributed by atoms with Gasteiger partial charge in [0.2, 0.25) is 0 Å². The minimum Gasteiger partial charge on any atom is -0.508 e. The van der Waals surface area contributed by atoms with Gasteiger partial charge in [-0.3, -0.25) is 0 Å². The first kappa shape index (κ1) is 11.7. The van der Waals surface area contributed by atoms with Gasteiger partial charge in [0.25, 0.3) is 0 Å². The molecule has 1 aromatic heterocycles. The van der Waals surface area contributed by atoms with Crippen molar-refractivity contribution >= 4 is 11.3 Å². The van der Waals surface area contributed by atoms with Gasteiger partial charge in [-0.2, -0.15) is 0 Å². The molecule has 0 bridgehead atoms. The second-order valence-electron chi connectivity index (χ2n) is 4.61. The van der Waals surface area contributed by atoms with E-state index < -0.39 is 0 Å². The van der Waals surface area contributed by atoms with Crippen LogP contribution in [0.25, 0.3) is 10.6 Å². The third-order valence-corrected chi connectivity index (χ3v) is 4.67. The Hall–Kier alpha value is -1.39. The number of benzene rings is 1. The number of thiazole rings is 1. The number of nitrogens with zero attached hydrogens (tertiary/aromatic N) is 1. The smallest absolute Gasteiger partial charge is 0.123 e. The molecule has 0 fully saturated rings. The zero-order valence-corrected chi connectivity index (χ0v) is 11.1. The van der Waals surface area contributed by atoms with Crippen molar-refractivity contribution in [2.24, 2.45) is 0 Å². The number of rotatable bonds is 2. The van der Waals surface area contributed by atoms with Gasteiger partial charge in [-0.15, -0.1) is 11.3 Å². The first-order valence-corrected chi connectivity index (χ1v) is 7.06. The van der Waals surface area contributed by atoms with Gasteiger partial charge in [0, 0.05) is 16.5 Å². The molecule has 0 aliphatic heterocycles. The van der Waals surface area contributed by atoms with Crippen molar-refractivity contribution in [2.75, 3.05) is 7.05 Å². The number of aromatic nitrogens is 1. The van der Waals surface area contributed by atoms with E-state index in [-0.39, 0.29) is 0 Å². The highest BCUT2D eigenvalue weighted by Gasteiger charge is 2.23. The van der Waals surface area contributed by atoms with E-state index in [1.54, 1.807) is 23.5 Å². The van der Waals surface area contributed by atoms with Crippen LogP contribution in [-0.2, 0) is 6.42 Å². The maximum Gasteiger partial charge on any atom is 0.123 e. The maximum atomic E-state index is 9.32. The maximum absolute atomic E-state index is 9.32. The molecule has 1 heterocycles. The van der Waals surface area contributed by atoms with Gasteiger partial charge in [0.15, 0.2) is 0 Å². The van der Waals surface area contributed by atoms with Crippen LogP contribution in [-0.4, -0.2) is 17.1 Å². The average Bonchev–Trinajstić information content (AvgIpc) is 2.83. The summed E-state index contributed by atoms with van der Waals surface area (Å²) in [6.45, 7) is 0. The zero-order valence-electron chi connectivity index (χ0n) is 10.3. The summed E-state index contributed by atoms with van der Waals surface area (Å²) in [6.07, 6.45) is 3.49. The lowest BCUT2D eigenvalue weighted by atomic mass is 9.98. The molecule has 94 valence electrons. The largest absolute Gasteiger partial charge is 0.508 e. The van der Waals surface area contributed by atoms with Crippen molar-refractivity contribution in [2.45, 2.75) is 25.3 Å². The number of nitrogens with one attached hydrogen (secondary N) is 1. The summed E-state index contributed by atoms with van der Waals surface area (Å²) in [5.41, 5.74) is 2.33. The summed E-state index contributed by atoms with van der Waals surface area (Å²) in [4.78, 5) is 6.13. The van der Waals surface area contributed by atoms with Crippen molar-refractivity contribution in [3.63, 3.8) is 0 Å². The van der Waals surface area contributed by atoms with Gasteiger partial charge in [0.1, 0.15) is 10.8 Å². The van der Waals surface area contributed by atoms with Gasteiger partial charge >= 0.3 is 0 Å². The predicted octanol–water partition coefficient (Wildman–Crippen LogP) is 3.11. The number of fused-ring (bicyclic) bond motifs is 1. The molecule has 0 saturated heterocycles. The molecule has 1 atom stereocenters. The van der Waals surface area contributed by atoms with Gasteiger partial charge in [0.05, 0.1) is 5.69 Å². The number of aromatic hydroxyl groups is 1. The SMILES string of the molecule is CNC1CCCc2nc(-c3ccc(O)cc3)sc21. The highest BCUT2D eigenvalue weighted by molar-refractivity contribution is 7.15. The van der Waals surface area contributed by atoms with Crippen LogP contribution in [0.1, 0.15) is 29.5 Å². The summed E-state index contributed by atoms with van der Waals surface area (Å²) >= 11 is 1.77. The summed E-state index contributed by atoms with van der Waals surface area (Å²) in [7, 11) is 2.01. The standard InChI is InChI=1S/C14H16N2OS/c1-15-11-3-2-4-12-13(11)18-14(16-12)9-5-7-10(17)8-6-9/h5-8,11,15,17H,2-4H2,1H3. The molecule has 1 unspecified atom stereocenters. The van der Waals surface area contributed by atoms with Crippen LogP contribution in [0.15, 0.2) is 24.3 Å². The van der Waals surface area contributed by atoms with E-state index in [1.807, 2.05) is 19.2 Å². The molecule has 0 amide bonds. The second-order valence-corrected chi connectivity index (χ2v) is 5.64. The van der Waals surface area contributed by atoms with E-state index in [0.29, 0.717) is 11.8 Å². The third kappa shape index (κ3) is 2.02. The monoisotopic (exact) mass is 260 g/mol. The first-order valence-electron chi connectivity index (χ1n) is 6.24. The Morgan fingerprint density at radius 3 is 2.83 bits per heavy atom. The molecule has 18 heavy (non-hydrogen) atoms. The second kappa shape index (κ2) is 4.71. The molecule has 3 nitrogen and oxygen atoms in total. The van der Waals surface area contributed by atoms with E-state index in [0.717, 1.165) is 17.0 Å². The quantitative estimate of drug-likeness (QED) is 0.872. The van der Waals surface area contributed by atoms with Crippen LogP contribution in [0.5, 0.6) is 5.75 Å². The number of hydrogen-bond acceptors (Lipinski definition) is 4. The number of phenols is 1. The van der Waals surface area contributed by atoms with Crippen molar-refractivity contribution in [3.05, 3.63) is 34.8 Å². The fraction of sp³-hybridized carbons (Fsp3) is 0.357. The Morgan fingerprint density at radius 2 is 2.11 bits per heavy atom. The van der Waals surface area contributed by atoms with Crippen LogP contribution in [0, 0.1) is 0 Å². The Labute approximate surface area is 111 Å². The Kier molecular flexibility index (Phi) is 3.06. The molecule has 0 saturated carbocycles. The van der Waals surface area contributed by atoms with E-state index in [4.69, 9.17) is 4.98 Å². The van der Waals surface area contributed by atoms with Crippen molar-refractivity contribution < 1.29 is 5.11 Å². The van der Waals surface area contributed by atoms with E-state index in [2.05, 4.69) is 5.32 Å². The molecule has 1 aromatic carbocycles. The van der Waals surface area contributed by atoms with Crippen LogP contribution in [0.3, 0.4) is 0 Å². The fourth-order valence-electron chi connectivity index (χ4n) is 2.42. The predicted molar refractivity (Wildman–Crippen MR) is 74.0 cm³/mol. The van der Waals surface area contributed by atoms with Crippen LogP contribution in [0.4, 0.5) is 0 Å². The molecule has 1 aliphatic rings. The Balaban J connectivity index is 1.99. The molecule has 2 aromatic rings. The normalized spacial score (nSPS) is 18.6. The highest BCUT2D eigenvalue weighted by atomic mass is 32.1. The lowest BCUT2D eigenvalue weighted by molar-refractivity contribution is 0.475. The van der Waals surface area contributed by atoms with E-state index in [1.165, 1.54) is 23.4 Å². The van der Waals surface area contributed by atoms with Gasteiger partial charge in [-0.1, -0.05) is 0 Å². The summed E-state index contributed by atoms with van der Waals surface area (Å²) in [5.74, 6) is 0.299. The average molecular weight is 260 g/mol. The van der Waals surface area contributed by atoms with Crippen LogP contribution < -0.4 is 5.32 Å². The van der Waals surface area contributed by atoms with Crippen molar-refractivity contribution in [1.29, 1.82) is 0 Å². The number of hydrogen-bond donors (Lipinski definition) is 2. The van der Waals surface area contributed by atoms with Crippen LogP contribution in [0.2, 0.25) is 0 Å². The third-order valence-electron chi connectivity index (χ3n) is 3.41. The number of phenolic OH excluding ortho intramolecular Hbond substituents is 1. The van der Waals surface area contributed by atoms with Gasteiger partial charge in [-0.05, 0) is 50.6 Å². The lowest BCUT2D eigenvalue weighted by Crippen LogP contribution is -2.19. The Bertz CT molecular complexity index is 547. The molecular formula is C14H16N2OS. The van der Waals surface area contributed by atoms with Gasteiger partial charge < -0.3 is 10.4 Å². The van der Waals surface area contributed by atoms with E-state index >= 15 is 0 Å². The number of aryl methyl sites for hydroxylation is 1. The fourth-order valence-corrected chi connectivity index (χ4v) is 3.68. The minimum atomic E-state index is 0.299. The Morgan fingerprint density at radius 1 is 1.33 bits per heavy atom. The molecule has 2 N–H and O–H groups in total. The van der Waals surface area contributed by atoms with Crippen molar-refractivity contribution in [3.8, 4) is 16.3 Å². The first-order chi connectivity index (χ1) is 8.78. The van der Waals surface area contributed by atoms with Gasteiger partial charge in [-0.25, -0.2) is 4.98 Å². The molecule has 0 spiro atoms. The van der Waals surface area contributed by atoms with Crippen molar-refractivity contribution in [1.82, 2.24) is 10.3 Å². The highest BCUT2D eigenvalue weighted by Crippen LogP contribution is 2.37.